The fourth-order valence-electron chi connectivity index (χ4n) is 6.29. The van der Waals surface area contributed by atoms with Gasteiger partial charge in [0.2, 0.25) is 0 Å². The number of benzene rings is 3. The number of nitrogens with zero attached hydrogens (tertiary/aromatic N) is 3. The van der Waals surface area contributed by atoms with Crippen LogP contribution in [0.25, 0.3) is 32.8 Å². The maximum absolute atomic E-state index is 12.7. The number of carbonyl (C=O) groups is 1. The maximum Gasteiger partial charge on any atom is 0.277 e. The molecular formula is C29H31N3O3. The third-order valence-corrected chi connectivity index (χ3v) is 8.14. The van der Waals surface area contributed by atoms with Crippen molar-refractivity contribution >= 4 is 38.7 Å². The molecule has 0 saturated heterocycles. The molecule has 0 N–H and O–H groups in total. The lowest BCUT2D eigenvalue weighted by molar-refractivity contribution is -0.0756. The van der Waals surface area contributed by atoms with Crippen molar-refractivity contribution < 1.29 is 14.4 Å². The van der Waals surface area contributed by atoms with Crippen molar-refractivity contribution in [3.05, 3.63) is 53.6 Å². The number of amides is 1. The summed E-state index contributed by atoms with van der Waals surface area (Å²) in [5, 5.41) is 3.37. The molecule has 0 unspecified atom stereocenters. The molecule has 1 aliphatic carbocycles. The van der Waals surface area contributed by atoms with Crippen LogP contribution in [0.1, 0.15) is 61.9 Å². The Labute approximate surface area is 205 Å². The molecule has 0 bridgehead atoms. The van der Waals surface area contributed by atoms with Crippen molar-refractivity contribution in [3.63, 3.8) is 0 Å². The zero-order valence-electron chi connectivity index (χ0n) is 21.0. The SMILES string of the molecule is CON(C)C(=O)c1ccc2nc3c(nc2c1)c1c(c2ccccc23)OC(C)(C)[C@H]2CC[C@H](C)C[C@H]12. The minimum Gasteiger partial charge on any atom is -0.487 e. The van der Waals surface area contributed by atoms with E-state index in [1.807, 2.05) is 18.2 Å². The van der Waals surface area contributed by atoms with Crippen molar-refractivity contribution in [1.29, 1.82) is 0 Å². The van der Waals surface area contributed by atoms with E-state index in [4.69, 9.17) is 19.5 Å². The van der Waals surface area contributed by atoms with Crippen molar-refractivity contribution in [1.82, 2.24) is 15.0 Å². The summed E-state index contributed by atoms with van der Waals surface area (Å²) < 4.78 is 6.82. The van der Waals surface area contributed by atoms with E-state index < -0.39 is 0 Å². The van der Waals surface area contributed by atoms with Gasteiger partial charge in [-0.25, -0.2) is 15.0 Å². The monoisotopic (exact) mass is 469 g/mol. The first-order chi connectivity index (χ1) is 16.8. The summed E-state index contributed by atoms with van der Waals surface area (Å²) in [6.45, 7) is 6.82. The van der Waals surface area contributed by atoms with Crippen LogP contribution in [0.15, 0.2) is 42.5 Å². The Kier molecular flexibility index (Phi) is 5.01. The van der Waals surface area contributed by atoms with E-state index in [1.165, 1.54) is 24.2 Å². The molecule has 0 spiro atoms. The van der Waals surface area contributed by atoms with Gasteiger partial charge in [-0.2, -0.15) is 0 Å². The zero-order valence-corrected chi connectivity index (χ0v) is 21.0. The summed E-state index contributed by atoms with van der Waals surface area (Å²) in [7, 11) is 3.08. The molecule has 1 amide bonds. The largest absolute Gasteiger partial charge is 0.487 e. The van der Waals surface area contributed by atoms with E-state index in [-0.39, 0.29) is 11.5 Å². The summed E-state index contributed by atoms with van der Waals surface area (Å²) in [5.41, 5.74) is 4.74. The van der Waals surface area contributed by atoms with Crippen LogP contribution in [0.3, 0.4) is 0 Å². The number of hydrogen-bond acceptors (Lipinski definition) is 5. The van der Waals surface area contributed by atoms with E-state index >= 15 is 0 Å². The molecule has 2 aliphatic rings. The van der Waals surface area contributed by atoms with Gasteiger partial charge >= 0.3 is 0 Å². The lowest BCUT2D eigenvalue weighted by Crippen LogP contribution is -2.46. The van der Waals surface area contributed by atoms with E-state index in [1.54, 1.807) is 13.1 Å². The highest BCUT2D eigenvalue weighted by atomic mass is 16.7. The molecule has 3 aromatic carbocycles. The summed E-state index contributed by atoms with van der Waals surface area (Å²) >= 11 is 0. The second-order valence-electron chi connectivity index (χ2n) is 10.7. The second-order valence-corrected chi connectivity index (χ2v) is 10.7. The topological polar surface area (TPSA) is 64.5 Å². The van der Waals surface area contributed by atoms with Crippen LogP contribution in [0.2, 0.25) is 0 Å². The van der Waals surface area contributed by atoms with Crippen LogP contribution in [-0.4, -0.2) is 40.7 Å². The Morgan fingerprint density at radius 3 is 2.57 bits per heavy atom. The lowest BCUT2D eigenvalue weighted by Gasteiger charge is -2.49. The van der Waals surface area contributed by atoms with E-state index in [0.717, 1.165) is 45.9 Å². The molecule has 4 aromatic rings. The minimum atomic E-state index is -0.247. The summed E-state index contributed by atoms with van der Waals surface area (Å²) in [4.78, 5) is 28.1. The van der Waals surface area contributed by atoms with Crippen molar-refractivity contribution in [2.24, 2.45) is 11.8 Å². The smallest absolute Gasteiger partial charge is 0.277 e. The third-order valence-electron chi connectivity index (χ3n) is 8.14. The van der Waals surface area contributed by atoms with E-state index in [0.29, 0.717) is 28.8 Å². The fourth-order valence-corrected chi connectivity index (χ4v) is 6.29. The summed E-state index contributed by atoms with van der Waals surface area (Å²) in [6, 6.07) is 13.8. The number of fused-ring (bicyclic) bond motifs is 9. The molecule has 6 rings (SSSR count). The van der Waals surface area contributed by atoms with Crippen LogP contribution in [-0.2, 0) is 4.84 Å². The molecule has 180 valence electrons. The first-order valence-electron chi connectivity index (χ1n) is 12.5. The molecule has 35 heavy (non-hydrogen) atoms. The van der Waals surface area contributed by atoms with Gasteiger partial charge in [0, 0.05) is 34.9 Å². The average molecular weight is 470 g/mol. The average Bonchev–Trinajstić information content (AvgIpc) is 2.86. The lowest BCUT2D eigenvalue weighted by atomic mass is 9.64. The predicted molar refractivity (Wildman–Crippen MR) is 138 cm³/mol. The van der Waals surface area contributed by atoms with Gasteiger partial charge in [0.25, 0.3) is 5.91 Å². The molecule has 3 atom stereocenters. The van der Waals surface area contributed by atoms with Crippen LogP contribution in [0.5, 0.6) is 5.75 Å². The minimum absolute atomic E-state index is 0.219. The molecule has 1 fully saturated rings. The molecule has 1 aliphatic heterocycles. The quantitative estimate of drug-likeness (QED) is 0.197. The Hall–Kier alpha value is -3.25. The molecule has 2 heterocycles. The second kappa shape index (κ2) is 7.89. The Morgan fingerprint density at radius 1 is 1.06 bits per heavy atom. The number of carbonyl (C=O) groups excluding carboxylic acids is 1. The van der Waals surface area contributed by atoms with Crippen LogP contribution in [0.4, 0.5) is 0 Å². The Bertz CT molecular complexity index is 1500. The van der Waals surface area contributed by atoms with Gasteiger partial charge in [-0.3, -0.25) is 9.63 Å². The standard InChI is InChI=1S/C29H31N3O3/c1-16-10-12-21-20(14-16)24-26-25(18-8-6-7-9-19(18)27(24)35-29(21,2)3)30-22-13-11-17(15-23(22)31-26)28(33)32(4)34-5/h6-9,11,13,15-16,20-21H,10,12,14H2,1-5H3/t16-,20-,21-/m0/s1. The number of hydrogen-bond donors (Lipinski definition) is 0. The molecule has 1 aromatic heterocycles. The first kappa shape index (κ1) is 22.2. The Balaban J connectivity index is 1.67. The third kappa shape index (κ3) is 3.38. The highest BCUT2D eigenvalue weighted by molar-refractivity contribution is 6.11. The number of rotatable bonds is 2. The molecule has 6 nitrogen and oxygen atoms in total. The van der Waals surface area contributed by atoms with Gasteiger partial charge in [0.1, 0.15) is 11.4 Å². The number of aromatic nitrogens is 2. The van der Waals surface area contributed by atoms with Gasteiger partial charge < -0.3 is 4.74 Å². The van der Waals surface area contributed by atoms with Crippen molar-refractivity contribution in [3.8, 4) is 5.75 Å². The highest BCUT2D eigenvalue weighted by Gasteiger charge is 2.47. The first-order valence-corrected chi connectivity index (χ1v) is 12.5. The Morgan fingerprint density at radius 2 is 1.80 bits per heavy atom. The van der Waals surface area contributed by atoms with E-state index in [9.17, 15) is 4.79 Å². The van der Waals surface area contributed by atoms with Crippen molar-refractivity contribution in [2.75, 3.05) is 14.2 Å². The van der Waals surface area contributed by atoms with Gasteiger partial charge in [-0.15, -0.1) is 0 Å². The number of hydroxylamine groups is 2. The number of ether oxygens (including phenoxy) is 1. The predicted octanol–water partition coefficient (Wildman–Crippen LogP) is 6.26. The van der Waals surface area contributed by atoms with Crippen LogP contribution in [0, 0.1) is 11.8 Å². The van der Waals surface area contributed by atoms with Crippen molar-refractivity contribution in [2.45, 2.75) is 51.6 Å². The highest BCUT2D eigenvalue weighted by Crippen LogP contribution is 2.56. The van der Waals surface area contributed by atoms with E-state index in [2.05, 4.69) is 39.0 Å². The maximum atomic E-state index is 12.7. The summed E-state index contributed by atoms with van der Waals surface area (Å²) in [5.74, 6) is 2.18. The van der Waals surface area contributed by atoms with Crippen LogP contribution >= 0.6 is 0 Å². The normalized spacial score (nSPS) is 23.1. The van der Waals surface area contributed by atoms with Gasteiger partial charge in [0.15, 0.2) is 0 Å². The van der Waals surface area contributed by atoms with Gasteiger partial charge in [-0.05, 0) is 56.7 Å². The zero-order chi connectivity index (χ0) is 24.5. The molecular weight excluding hydrogens is 438 g/mol. The molecule has 1 saturated carbocycles. The van der Waals surface area contributed by atoms with Gasteiger partial charge in [0.05, 0.1) is 29.2 Å². The molecule has 6 heteroatoms. The van der Waals surface area contributed by atoms with Crippen LogP contribution < -0.4 is 4.74 Å². The fraction of sp³-hybridized carbons (Fsp3) is 0.414. The van der Waals surface area contributed by atoms with Gasteiger partial charge in [-0.1, -0.05) is 37.6 Å². The summed E-state index contributed by atoms with van der Waals surface area (Å²) in [6.07, 6.45) is 3.49. The molecule has 0 radical (unpaired) electrons.